The maximum atomic E-state index is 12.0. The zero-order valence-corrected chi connectivity index (χ0v) is 14.0. The largest absolute Gasteiger partial charge is 0.456 e. The molecule has 120 valence electrons. The molecular weight excluding hydrogens is 336 g/mol. The predicted molar refractivity (Wildman–Crippen MR) is 88.2 cm³/mol. The topological polar surface area (TPSA) is 79.2 Å². The standard InChI is InChI=1S/C16H15ClN2O3S/c1-2-10-19-23(20,21)13-8-6-12(7-9-13)22-16-5-3-4-15(17)14(16)11-18/h3-9,19H,2,10H2,1H3. The number of sulfonamides is 1. The van der Waals surface area contributed by atoms with Crippen molar-refractivity contribution in [2.45, 2.75) is 18.2 Å². The van der Waals surface area contributed by atoms with Crippen LogP contribution in [0.5, 0.6) is 11.5 Å². The van der Waals surface area contributed by atoms with Gasteiger partial charge in [-0.25, -0.2) is 13.1 Å². The first-order valence-electron chi connectivity index (χ1n) is 6.94. The van der Waals surface area contributed by atoms with Crippen LogP contribution < -0.4 is 9.46 Å². The van der Waals surface area contributed by atoms with Gasteiger partial charge >= 0.3 is 0 Å². The summed E-state index contributed by atoms with van der Waals surface area (Å²) in [5.74, 6) is 0.734. The van der Waals surface area contributed by atoms with E-state index in [1.54, 1.807) is 18.2 Å². The van der Waals surface area contributed by atoms with Gasteiger partial charge in [0.05, 0.1) is 9.92 Å². The van der Waals surface area contributed by atoms with Crippen molar-refractivity contribution in [2.75, 3.05) is 6.54 Å². The molecule has 0 aromatic heterocycles. The van der Waals surface area contributed by atoms with E-state index in [0.717, 1.165) is 0 Å². The highest BCUT2D eigenvalue weighted by Gasteiger charge is 2.13. The Morgan fingerprint density at radius 2 is 1.91 bits per heavy atom. The molecule has 0 saturated carbocycles. The van der Waals surface area contributed by atoms with E-state index in [9.17, 15) is 8.42 Å². The molecule has 2 aromatic carbocycles. The van der Waals surface area contributed by atoms with Gasteiger partial charge in [-0.3, -0.25) is 0 Å². The molecule has 0 unspecified atom stereocenters. The number of nitrogens with zero attached hydrogens (tertiary/aromatic N) is 1. The molecule has 2 aromatic rings. The molecule has 0 aliphatic carbocycles. The molecule has 5 nitrogen and oxygen atoms in total. The van der Waals surface area contributed by atoms with Crippen LogP contribution in [0, 0.1) is 11.3 Å². The van der Waals surface area contributed by atoms with E-state index in [2.05, 4.69) is 4.72 Å². The summed E-state index contributed by atoms with van der Waals surface area (Å²) in [6.07, 6.45) is 0.714. The molecule has 1 N–H and O–H groups in total. The van der Waals surface area contributed by atoms with Crippen LogP contribution in [-0.4, -0.2) is 15.0 Å². The third-order valence-electron chi connectivity index (χ3n) is 2.99. The summed E-state index contributed by atoms with van der Waals surface area (Å²) >= 11 is 5.94. The first-order chi connectivity index (χ1) is 11.0. The molecule has 0 radical (unpaired) electrons. The molecule has 0 spiro atoms. The molecular formula is C16H15ClN2O3S. The normalized spacial score (nSPS) is 11.0. The fourth-order valence-corrected chi connectivity index (χ4v) is 3.17. The Morgan fingerprint density at radius 3 is 2.52 bits per heavy atom. The number of nitriles is 1. The van der Waals surface area contributed by atoms with Crippen molar-refractivity contribution < 1.29 is 13.2 Å². The zero-order chi connectivity index (χ0) is 16.9. The second-order valence-electron chi connectivity index (χ2n) is 4.70. The van der Waals surface area contributed by atoms with Crippen LogP contribution >= 0.6 is 11.6 Å². The van der Waals surface area contributed by atoms with Crippen molar-refractivity contribution in [3.8, 4) is 17.6 Å². The van der Waals surface area contributed by atoms with Crippen molar-refractivity contribution >= 4 is 21.6 Å². The number of rotatable bonds is 6. The number of ether oxygens (including phenoxy) is 1. The fourth-order valence-electron chi connectivity index (χ4n) is 1.83. The van der Waals surface area contributed by atoms with Crippen LogP contribution in [0.1, 0.15) is 18.9 Å². The fraction of sp³-hybridized carbons (Fsp3) is 0.188. The summed E-state index contributed by atoms with van der Waals surface area (Å²) in [6, 6.07) is 12.8. The lowest BCUT2D eigenvalue weighted by Gasteiger charge is -2.09. The third-order valence-corrected chi connectivity index (χ3v) is 4.78. The lowest BCUT2D eigenvalue weighted by atomic mass is 10.2. The minimum atomic E-state index is -3.51. The Labute approximate surface area is 140 Å². The average Bonchev–Trinajstić information content (AvgIpc) is 2.54. The summed E-state index contributed by atoms with van der Waals surface area (Å²) in [7, 11) is -3.51. The van der Waals surface area contributed by atoms with Gasteiger partial charge in [-0.1, -0.05) is 24.6 Å². The van der Waals surface area contributed by atoms with Crippen LogP contribution in [-0.2, 0) is 10.0 Å². The smallest absolute Gasteiger partial charge is 0.240 e. The van der Waals surface area contributed by atoms with E-state index < -0.39 is 10.0 Å². The van der Waals surface area contributed by atoms with E-state index in [0.29, 0.717) is 29.5 Å². The maximum Gasteiger partial charge on any atom is 0.240 e. The van der Waals surface area contributed by atoms with Gasteiger partial charge in [-0.15, -0.1) is 0 Å². The maximum absolute atomic E-state index is 12.0. The van der Waals surface area contributed by atoms with Crippen molar-refractivity contribution in [3.63, 3.8) is 0 Å². The monoisotopic (exact) mass is 350 g/mol. The van der Waals surface area contributed by atoms with Gasteiger partial charge in [0.1, 0.15) is 23.1 Å². The second kappa shape index (κ2) is 7.47. The molecule has 7 heteroatoms. The van der Waals surface area contributed by atoms with Crippen molar-refractivity contribution in [1.82, 2.24) is 4.72 Å². The number of hydrogen-bond donors (Lipinski definition) is 1. The Morgan fingerprint density at radius 1 is 1.22 bits per heavy atom. The molecule has 2 rings (SSSR count). The summed E-state index contributed by atoms with van der Waals surface area (Å²) in [4.78, 5) is 0.157. The van der Waals surface area contributed by atoms with Gasteiger partial charge in [-0.2, -0.15) is 5.26 Å². The zero-order valence-electron chi connectivity index (χ0n) is 12.4. The van der Waals surface area contributed by atoms with E-state index in [-0.39, 0.29) is 10.5 Å². The molecule has 0 aliphatic rings. The lowest BCUT2D eigenvalue weighted by molar-refractivity contribution is 0.480. The molecule has 23 heavy (non-hydrogen) atoms. The minimum absolute atomic E-state index is 0.157. The first kappa shape index (κ1) is 17.3. The first-order valence-corrected chi connectivity index (χ1v) is 8.80. The van der Waals surface area contributed by atoms with Crippen LogP contribution in [0.4, 0.5) is 0 Å². The summed E-state index contributed by atoms with van der Waals surface area (Å²) in [6.45, 7) is 2.27. The molecule has 0 aliphatic heterocycles. The SMILES string of the molecule is CCCNS(=O)(=O)c1ccc(Oc2cccc(Cl)c2C#N)cc1. The van der Waals surface area contributed by atoms with Gasteiger partial charge in [0.15, 0.2) is 0 Å². The molecule has 0 saturated heterocycles. The second-order valence-corrected chi connectivity index (χ2v) is 6.87. The van der Waals surface area contributed by atoms with Crippen LogP contribution in [0.2, 0.25) is 5.02 Å². The highest BCUT2D eigenvalue weighted by molar-refractivity contribution is 7.89. The van der Waals surface area contributed by atoms with Gasteiger partial charge in [0, 0.05) is 6.54 Å². The quantitative estimate of drug-likeness (QED) is 0.861. The van der Waals surface area contributed by atoms with Crippen LogP contribution in [0.15, 0.2) is 47.4 Å². The Hall–Kier alpha value is -2.07. The van der Waals surface area contributed by atoms with Crippen LogP contribution in [0.3, 0.4) is 0 Å². The highest BCUT2D eigenvalue weighted by atomic mass is 35.5. The number of nitrogens with one attached hydrogen (secondary N) is 1. The van der Waals surface area contributed by atoms with Crippen molar-refractivity contribution in [3.05, 3.63) is 53.1 Å². The van der Waals surface area contributed by atoms with Crippen LogP contribution in [0.25, 0.3) is 0 Å². The molecule has 0 bridgehead atoms. The van der Waals surface area contributed by atoms with Gasteiger partial charge in [0.2, 0.25) is 10.0 Å². The van der Waals surface area contributed by atoms with Gasteiger partial charge < -0.3 is 4.74 Å². The van der Waals surface area contributed by atoms with Gasteiger partial charge in [-0.05, 0) is 42.8 Å². The van der Waals surface area contributed by atoms with E-state index in [4.69, 9.17) is 21.6 Å². The van der Waals surface area contributed by atoms with E-state index >= 15 is 0 Å². The molecule has 0 heterocycles. The van der Waals surface area contributed by atoms with Crippen molar-refractivity contribution in [1.29, 1.82) is 5.26 Å². The average molecular weight is 351 g/mol. The molecule has 0 amide bonds. The van der Waals surface area contributed by atoms with E-state index in [1.807, 2.05) is 13.0 Å². The number of benzene rings is 2. The number of hydrogen-bond acceptors (Lipinski definition) is 4. The molecule has 0 atom stereocenters. The Kier molecular flexibility index (Phi) is 5.61. The predicted octanol–water partition coefficient (Wildman–Crippen LogP) is 3.69. The minimum Gasteiger partial charge on any atom is -0.456 e. The summed E-state index contributed by atoms with van der Waals surface area (Å²) in [5, 5.41) is 9.41. The van der Waals surface area contributed by atoms with Crippen molar-refractivity contribution in [2.24, 2.45) is 0 Å². The highest BCUT2D eigenvalue weighted by Crippen LogP contribution is 2.30. The summed E-state index contributed by atoms with van der Waals surface area (Å²) < 4.78 is 32.1. The Balaban J connectivity index is 2.22. The number of halogens is 1. The van der Waals surface area contributed by atoms with Gasteiger partial charge in [0.25, 0.3) is 0 Å². The Bertz CT molecular complexity index is 827. The lowest BCUT2D eigenvalue weighted by Crippen LogP contribution is -2.24. The van der Waals surface area contributed by atoms with E-state index in [1.165, 1.54) is 24.3 Å². The summed E-state index contributed by atoms with van der Waals surface area (Å²) in [5.41, 5.74) is 0.232. The molecule has 0 fully saturated rings. The third kappa shape index (κ3) is 4.23.